The SMILES string of the molecule is COc1cc(OC)cc([C@H]2CCN(CC(=O)O)C2)c1. The van der Waals surface area contributed by atoms with Crippen LogP contribution in [0.25, 0.3) is 0 Å². The molecule has 0 aromatic heterocycles. The molecule has 5 heteroatoms. The molecule has 0 bridgehead atoms. The molecule has 0 radical (unpaired) electrons. The van der Waals surface area contributed by atoms with Crippen molar-refractivity contribution in [3.8, 4) is 11.5 Å². The summed E-state index contributed by atoms with van der Waals surface area (Å²) < 4.78 is 10.5. The third-order valence-electron chi connectivity index (χ3n) is 3.48. The number of carboxylic acids is 1. The number of hydrogen-bond acceptors (Lipinski definition) is 4. The highest BCUT2D eigenvalue weighted by atomic mass is 16.5. The van der Waals surface area contributed by atoms with Crippen molar-refractivity contribution >= 4 is 5.97 Å². The lowest BCUT2D eigenvalue weighted by Gasteiger charge is -2.15. The lowest BCUT2D eigenvalue weighted by molar-refractivity contribution is -0.138. The predicted molar refractivity (Wildman–Crippen MR) is 71.0 cm³/mol. The second-order valence-electron chi connectivity index (χ2n) is 4.76. The van der Waals surface area contributed by atoms with Crippen LogP contribution >= 0.6 is 0 Å². The Morgan fingerprint density at radius 2 is 1.95 bits per heavy atom. The van der Waals surface area contributed by atoms with Crippen LogP contribution in [0.15, 0.2) is 18.2 Å². The number of aliphatic carboxylic acids is 1. The van der Waals surface area contributed by atoms with Crippen molar-refractivity contribution in [3.63, 3.8) is 0 Å². The van der Waals surface area contributed by atoms with Gasteiger partial charge in [0.1, 0.15) is 11.5 Å². The number of methoxy groups -OCH3 is 2. The molecule has 2 rings (SSSR count). The molecule has 1 aromatic rings. The first-order chi connectivity index (χ1) is 9.12. The number of likely N-dealkylation sites (tertiary alicyclic amines) is 1. The van der Waals surface area contributed by atoms with Crippen LogP contribution in [-0.2, 0) is 4.79 Å². The maximum Gasteiger partial charge on any atom is 0.317 e. The number of rotatable bonds is 5. The van der Waals surface area contributed by atoms with E-state index in [2.05, 4.69) is 0 Å². The summed E-state index contributed by atoms with van der Waals surface area (Å²) in [4.78, 5) is 12.7. The Balaban J connectivity index is 2.12. The smallest absolute Gasteiger partial charge is 0.317 e. The summed E-state index contributed by atoms with van der Waals surface area (Å²) >= 11 is 0. The van der Waals surface area contributed by atoms with Gasteiger partial charge in [0.15, 0.2) is 0 Å². The lowest BCUT2D eigenvalue weighted by Crippen LogP contribution is -2.27. The zero-order valence-corrected chi connectivity index (χ0v) is 11.3. The van der Waals surface area contributed by atoms with Crippen molar-refractivity contribution in [1.82, 2.24) is 4.90 Å². The first kappa shape index (κ1) is 13.7. The van der Waals surface area contributed by atoms with E-state index in [9.17, 15) is 4.79 Å². The van der Waals surface area contributed by atoms with Gasteiger partial charge in [0.2, 0.25) is 0 Å². The molecule has 5 nitrogen and oxygen atoms in total. The van der Waals surface area contributed by atoms with Crippen molar-refractivity contribution in [2.24, 2.45) is 0 Å². The quantitative estimate of drug-likeness (QED) is 0.876. The van der Waals surface area contributed by atoms with Crippen LogP contribution in [0.1, 0.15) is 17.9 Å². The van der Waals surface area contributed by atoms with Crippen LogP contribution in [0.5, 0.6) is 11.5 Å². The van der Waals surface area contributed by atoms with Crippen molar-refractivity contribution in [2.75, 3.05) is 33.9 Å². The number of carboxylic acid groups (broad SMARTS) is 1. The average molecular weight is 265 g/mol. The first-order valence-electron chi connectivity index (χ1n) is 6.29. The van der Waals surface area contributed by atoms with E-state index < -0.39 is 5.97 Å². The largest absolute Gasteiger partial charge is 0.497 e. The number of ether oxygens (including phenoxy) is 2. The number of benzene rings is 1. The normalized spacial score (nSPS) is 19.4. The van der Waals surface area contributed by atoms with Gasteiger partial charge < -0.3 is 14.6 Å². The molecule has 0 unspecified atom stereocenters. The van der Waals surface area contributed by atoms with Gasteiger partial charge in [-0.2, -0.15) is 0 Å². The standard InChI is InChI=1S/C14H19NO4/c1-18-12-5-11(6-13(7-12)19-2)10-3-4-15(8-10)9-14(16)17/h5-7,10H,3-4,8-9H2,1-2H3,(H,16,17)/t10-/m0/s1. The van der Waals surface area contributed by atoms with Gasteiger partial charge in [0, 0.05) is 12.6 Å². The Labute approximate surface area is 112 Å². The molecule has 0 amide bonds. The molecule has 0 saturated carbocycles. The Hall–Kier alpha value is -1.75. The molecule has 1 aliphatic heterocycles. The molecule has 1 heterocycles. The molecule has 1 aliphatic rings. The maximum atomic E-state index is 10.7. The summed E-state index contributed by atoms with van der Waals surface area (Å²) in [5.74, 6) is 1.10. The van der Waals surface area contributed by atoms with Crippen molar-refractivity contribution < 1.29 is 19.4 Å². The molecular weight excluding hydrogens is 246 g/mol. The molecule has 0 aliphatic carbocycles. The van der Waals surface area contributed by atoms with Crippen LogP contribution in [0.2, 0.25) is 0 Å². The van der Waals surface area contributed by atoms with E-state index in [1.54, 1.807) is 14.2 Å². The fourth-order valence-electron chi connectivity index (χ4n) is 2.50. The fourth-order valence-corrected chi connectivity index (χ4v) is 2.50. The Morgan fingerprint density at radius 1 is 1.32 bits per heavy atom. The third-order valence-corrected chi connectivity index (χ3v) is 3.48. The molecule has 1 N–H and O–H groups in total. The van der Waals surface area contributed by atoms with Gasteiger partial charge in [0.25, 0.3) is 0 Å². The molecule has 0 spiro atoms. The van der Waals surface area contributed by atoms with Gasteiger partial charge in [0.05, 0.1) is 20.8 Å². The topological polar surface area (TPSA) is 59.0 Å². The molecule has 1 saturated heterocycles. The van der Waals surface area contributed by atoms with E-state index in [1.165, 1.54) is 0 Å². The summed E-state index contributed by atoms with van der Waals surface area (Å²) in [6, 6.07) is 5.84. The van der Waals surface area contributed by atoms with E-state index in [4.69, 9.17) is 14.6 Å². The van der Waals surface area contributed by atoms with Gasteiger partial charge in [-0.25, -0.2) is 0 Å². The van der Waals surface area contributed by atoms with Crippen LogP contribution < -0.4 is 9.47 Å². The molecule has 1 fully saturated rings. The van der Waals surface area contributed by atoms with E-state index in [0.29, 0.717) is 5.92 Å². The van der Waals surface area contributed by atoms with Crippen LogP contribution in [0.4, 0.5) is 0 Å². The maximum absolute atomic E-state index is 10.7. The molecule has 1 aromatic carbocycles. The van der Waals surface area contributed by atoms with Crippen molar-refractivity contribution in [2.45, 2.75) is 12.3 Å². The minimum Gasteiger partial charge on any atom is -0.497 e. The monoisotopic (exact) mass is 265 g/mol. The second kappa shape index (κ2) is 5.93. The highest BCUT2D eigenvalue weighted by Crippen LogP contribution is 2.32. The van der Waals surface area contributed by atoms with Gasteiger partial charge >= 0.3 is 5.97 Å². The molecule has 1 atom stereocenters. The van der Waals surface area contributed by atoms with E-state index in [1.807, 2.05) is 23.1 Å². The summed E-state index contributed by atoms with van der Waals surface area (Å²) in [7, 11) is 3.26. The van der Waals surface area contributed by atoms with E-state index in [-0.39, 0.29) is 6.54 Å². The first-order valence-corrected chi connectivity index (χ1v) is 6.29. The fraction of sp³-hybridized carbons (Fsp3) is 0.500. The Bertz CT molecular complexity index is 439. The molecular formula is C14H19NO4. The average Bonchev–Trinajstić information content (AvgIpc) is 2.85. The summed E-state index contributed by atoms with van der Waals surface area (Å²) in [5.41, 5.74) is 1.14. The minimum absolute atomic E-state index is 0.109. The van der Waals surface area contributed by atoms with Gasteiger partial charge in [-0.05, 0) is 36.6 Å². The number of hydrogen-bond donors (Lipinski definition) is 1. The number of carbonyl (C=O) groups is 1. The van der Waals surface area contributed by atoms with E-state index in [0.717, 1.165) is 36.6 Å². The Kier molecular flexibility index (Phi) is 4.27. The Morgan fingerprint density at radius 3 is 2.47 bits per heavy atom. The zero-order valence-electron chi connectivity index (χ0n) is 11.3. The lowest BCUT2D eigenvalue weighted by atomic mass is 9.98. The van der Waals surface area contributed by atoms with Crippen molar-refractivity contribution in [1.29, 1.82) is 0 Å². The minimum atomic E-state index is -0.774. The zero-order chi connectivity index (χ0) is 13.8. The van der Waals surface area contributed by atoms with E-state index >= 15 is 0 Å². The van der Waals surface area contributed by atoms with Gasteiger partial charge in [-0.15, -0.1) is 0 Å². The summed E-state index contributed by atoms with van der Waals surface area (Å²) in [6.07, 6.45) is 0.962. The van der Waals surface area contributed by atoms with Crippen LogP contribution in [0.3, 0.4) is 0 Å². The van der Waals surface area contributed by atoms with Gasteiger partial charge in [-0.1, -0.05) is 0 Å². The van der Waals surface area contributed by atoms with Crippen molar-refractivity contribution in [3.05, 3.63) is 23.8 Å². The van der Waals surface area contributed by atoms with Crippen LogP contribution in [-0.4, -0.2) is 49.8 Å². The third kappa shape index (κ3) is 3.38. The highest BCUT2D eigenvalue weighted by Gasteiger charge is 2.25. The van der Waals surface area contributed by atoms with Crippen LogP contribution in [0, 0.1) is 0 Å². The summed E-state index contributed by atoms with van der Waals surface area (Å²) in [5, 5.41) is 8.81. The second-order valence-corrected chi connectivity index (χ2v) is 4.76. The van der Waals surface area contributed by atoms with Gasteiger partial charge in [-0.3, -0.25) is 9.69 Å². The summed E-state index contributed by atoms with van der Waals surface area (Å²) in [6.45, 7) is 1.69. The molecule has 19 heavy (non-hydrogen) atoms. The number of nitrogens with zero attached hydrogens (tertiary/aromatic N) is 1. The highest BCUT2D eigenvalue weighted by molar-refractivity contribution is 5.69. The predicted octanol–water partition coefficient (Wildman–Crippen LogP) is 1.58. The molecule has 104 valence electrons.